The number of fused-ring (bicyclic) bond motifs is 15. The molecule has 0 fully saturated rings. The average Bonchev–Trinajstić information content (AvgIpc) is 3.95. The molecule has 0 aliphatic heterocycles. The first-order valence-corrected chi connectivity index (χ1v) is 21.2. The molecule has 1 aromatic heterocycles. The van der Waals surface area contributed by atoms with Gasteiger partial charge >= 0.3 is 0 Å². The maximum Gasteiger partial charge on any atom is 0.0726 e. The third-order valence-corrected chi connectivity index (χ3v) is 13.3. The molecule has 2 nitrogen and oxygen atoms in total. The standard InChI is InChI=1S/C59H38N2/c1-4-19-39(20-5-1)49-37-40-21-10-11-26-44(40)58-56(49)48-36-35-43(38-55(48)61(58)42-24-8-3-9-25-42)60(41-22-6-2-7-23-41)54-34-18-33-53-57(54)47-29-14-17-32-52(47)59(53)50-30-15-12-27-45(50)46-28-13-16-31-51(46)59/h1-38H. The van der Waals surface area contributed by atoms with Crippen molar-refractivity contribution in [3.05, 3.63) is 253 Å². The van der Waals surface area contributed by atoms with Gasteiger partial charge in [0.25, 0.3) is 0 Å². The molecule has 1 spiro atoms. The van der Waals surface area contributed by atoms with Crippen LogP contribution in [0.1, 0.15) is 22.3 Å². The quantitative estimate of drug-likeness (QED) is 0.169. The fourth-order valence-electron chi connectivity index (χ4n) is 11.0. The van der Waals surface area contributed by atoms with Crippen molar-refractivity contribution in [1.82, 2.24) is 4.57 Å². The highest BCUT2D eigenvalue weighted by Gasteiger charge is 2.52. The molecule has 0 amide bonds. The van der Waals surface area contributed by atoms with Crippen LogP contribution in [0.3, 0.4) is 0 Å². The Balaban J connectivity index is 1.13. The highest BCUT2D eigenvalue weighted by Crippen LogP contribution is 2.64. The van der Waals surface area contributed by atoms with E-state index < -0.39 is 5.41 Å². The van der Waals surface area contributed by atoms with Crippen molar-refractivity contribution in [2.75, 3.05) is 4.90 Å². The minimum atomic E-state index is -0.434. The second-order valence-corrected chi connectivity index (χ2v) is 16.4. The summed E-state index contributed by atoms with van der Waals surface area (Å²) in [5, 5.41) is 4.94. The lowest BCUT2D eigenvalue weighted by atomic mass is 9.70. The van der Waals surface area contributed by atoms with Gasteiger partial charge in [0.1, 0.15) is 0 Å². The molecule has 1 heterocycles. The van der Waals surface area contributed by atoms with Crippen molar-refractivity contribution in [2.45, 2.75) is 5.41 Å². The summed E-state index contributed by atoms with van der Waals surface area (Å²) < 4.78 is 2.50. The van der Waals surface area contributed by atoms with Crippen molar-refractivity contribution in [3.63, 3.8) is 0 Å². The first-order chi connectivity index (χ1) is 30.3. The summed E-state index contributed by atoms with van der Waals surface area (Å²) in [5.74, 6) is 0. The first kappa shape index (κ1) is 34.0. The van der Waals surface area contributed by atoms with Crippen molar-refractivity contribution < 1.29 is 0 Å². The molecule has 0 saturated heterocycles. The lowest BCUT2D eigenvalue weighted by molar-refractivity contribution is 0.794. The molecule has 2 heteroatoms. The Morgan fingerprint density at radius 1 is 0.377 bits per heavy atom. The van der Waals surface area contributed by atoms with Gasteiger partial charge in [-0.1, -0.05) is 182 Å². The van der Waals surface area contributed by atoms with E-state index in [0.717, 1.165) is 28.3 Å². The van der Waals surface area contributed by atoms with Crippen LogP contribution in [-0.2, 0) is 5.41 Å². The van der Waals surface area contributed by atoms with E-state index in [1.165, 1.54) is 82.7 Å². The van der Waals surface area contributed by atoms with Crippen LogP contribution < -0.4 is 4.90 Å². The fraction of sp³-hybridized carbons (Fsp3) is 0.0169. The van der Waals surface area contributed by atoms with Crippen LogP contribution in [0, 0.1) is 0 Å². The van der Waals surface area contributed by atoms with Crippen LogP contribution in [0.4, 0.5) is 17.1 Å². The van der Waals surface area contributed by atoms with E-state index in [1.54, 1.807) is 0 Å². The molecule has 11 aromatic rings. The summed E-state index contributed by atoms with van der Waals surface area (Å²) in [4.78, 5) is 2.49. The summed E-state index contributed by atoms with van der Waals surface area (Å²) in [6.07, 6.45) is 0. The number of hydrogen-bond donors (Lipinski definition) is 0. The number of hydrogen-bond acceptors (Lipinski definition) is 1. The summed E-state index contributed by atoms with van der Waals surface area (Å²) >= 11 is 0. The highest BCUT2D eigenvalue weighted by molar-refractivity contribution is 6.24. The molecular weight excluding hydrogens is 737 g/mol. The van der Waals surface area contributed by atoms with Gasteiger partial charge in [-0.15, -0.1) is 0 Å². The summed E-state index contributed by atoms with van der Waals surface area (Å²) in [5.41, 5.74) is 19.4. The Labute approximate surface area is 354 Å². The number of para-hydroxylation sites is 2. The topological polar surface area (TPSA) is 8.17 Å². The van der Waals surface area contributed by atoms with E-state index >= 15 is 0 Å². The average molecular weight is 775 g/mol. The maximum absolute atomic E-state index is 2.50. The van der Waals surface area contributed by atoms with Gasteiger partial charge in [-0.25, -0.2) is 0 Å². The Hall–Kier alpha value is -7.94. The van der Waals surface area contributed by atoms with Gasteiger partial charge in [-0.05, 0) is 104 Å². The lowest BCUT2D eigenvalue weighted by Crippen LogP contribution is -2.26. The van der Waals surface area contributed by atoms with Gasteiger partial charge in [-0.2, -0.15) is 0 Å². The van der Waals surface area contributed by atoms with Gasteiger partial charge in [0.2, 0.25) is 0 Å². The van der Waals surface area contributed by atoms with E-state index in [-0.39, 0.29) is 0 Å². The van der Waals surface area contributed by atoms with Crippen molar-refractivity contribution in [1.29, 1.82) is 0 Å². The van der Waals surface area contributed by atoms with E-state index in [0.29, 0.717) is 0 Å². The number of rotatable bonds is 5. The van der Waals surface area contributed by atoms with E-state index in [4.69, 9.17) is 0 Å². The number of aromatic nitrogens is 1. The molecule has 2 aliphatic carbocycles. The van der Waals surface area contributed by atoms with Crippen LogP contribution in [0.2, 0.25) is 0 Å². The van der Waals surface area contributed by atoms with Crippen LogP contribution in [-0.4, -0.2) is 4.57 Å². The normalized spacial score (nSPS) is 13.0. The predicted octanol–water partition coefficient (Wildman–Crippen LogP) is 15.4. The Kier molecular flexibility index (Phi) is 7.26. The molecule has 10 aromatic carbocycles. The third kappa shape index (κ3) is 4.67. The minimum absolute atomic E-state index is 0.434. The molecule has 2 aliphatic rings. The zero-order chi connectivity index (χ0) is 40.1. The number of anilines is 3. The maximum atomic E-state index is 2.50. The largest absolute Gasteiger partial charge is 0.310 e. The smallest absolute Gasteiger partial charge is 0.0726 e. The summed E-state index contributed by atoms with van der Waals surface area (Å²) in [6, 6.07) is 85.2. The summed E-state index contributed by atoms with van der Waals surface area (Å²) in [6.45, 7) is 0. The Morgan fingerprint density at radius 2 is 0.951 bits per heavy atom. The van der Waals surface area contributed by atoms with E-state index in [9.17, 15) is 0 Å². The van der Waals surface area contributed by atoms with Gasteiger partial charge in [0.15, 0.2) is 0 Å². The second kappa shape index (κ2) is 13.0. The molecule has 0 radical (unpaired) electrons. The molecule has 61 heavy (non-hydrogen) atoms. The Bertz CT molecular complexity index is 3480. The van der Waals surface area contributed by atoms with E-state index in [1.807, 2.05) is 0 Å². The third-order valence-electron chi connectivity index (χ3n) is 13.3. The lowest BCUT2D eigenvalue weighted by Gasteiger charge is -2.31. The summed E-state index contributed by atoms with van der Waals surface area (Å²) in [7, 11) is 0. The molecule has 0 unspecified atom stereocenters. The van der Waals surface area contributed by atoms with Crippen molar-refractivity contribution in [3.8, 4) is 39.1 Å². The predicted molar refractivity (Wildman–Crippen MR) is 255 cm³/mol. The van der Waals surface area contributed by atoms with Crippen molar-refractivity contribution in [2.24, 2.45) is 0 Å². The van der Waals surface area contributed by atoms with E-state index in [2.05, 4.69) is 240 Å². The molecule has 284 valence electrons. The van der Waals surface area contributed by atoms with Crippen LogP contribution in [0.5, 0.6) is 0 Å². The second-order valence-electron chi connectivity index (χ2n) is 16.4. The first-order valence-electron chi connectivity index (χ1n) is 21.2. The molecule has 13 rings (SSSR count). The number of nitrogens with zero attached hydrogens (tertiary/aromatic N) is 2. The minimum Gasteiger partial charge on any atom is -0.310 e. The highest BCUT2D eigenvalue weighted by atomic mass is 15.1. The molecule has 0 N–H and O–H groups in total. The van der Waals surface area contributed by atoms with Gasteiger partial charge < -0.3 is 9.47 Å². The van der Waals surface area contributed by atoms with Crippen LogP contribution >= 0.6 is 0 Å². The monoisotopic (exact) mass is 774 g/mol. The van der Waals surface area contributed by atoms with Crippen molar-refractivity contribution >= 4 is 49.6 Å². The fourth-order valence-corrected chi connectivity index (χ4v) is 11.0. The Morgan fingerprint density at radius 3 is 1.67 bits per heavy atom. The van der Waals surface area contributed by atoms with Crippen LogP contribution in [0.15, 0.2) is 231 Å². The number of benzene rings is 10. The molecule has 0 atom stereocenters. The van der Waals surface area contributed by atoms with Gasteiger partial charge in [0, 0.05) is 38.8 Å². The van der Waals surface area contributed by atoms with Gasteiger partial charge in [0.05, 0.1) is 22.1 Å². The SMILES string of the molecule is c1ccc(-c2cc3ccccc3c3c2c2ccc(N(c4ccccc4)c4cccc5c4-c4ccccc4C54c5ccccc5-c5ccccc54)cc2n3-c2ccccc2)cc1. The molecule has 0 saturated carbocycles. The zero-order valence-corrected chi connectivity index (χ0v) is 33.3. The molecule has 0 bridgehead atoms. The van der Waals surface area contributed by atoms with Gasteiger partial charge in [-0.3, -0.25) is 0 Å². The zero-order valence-electron chi connectivity index (χ0n) is 33.3. The molecular formula is C59H38N2. The van der Waals surface area contributed by atoms with Crippen LogP contribution in [0.25, 0.3) is 71.6 Å².